The third kappa shape index (κ3) is 7.29. The Labute approximate surface area is 182 Å². The molecule has 30 heavy (non-hydrogen) atoms. The summed E-state index contributed by atoms with van der Waals surface area (Å²) in [6.45, 7) is 1.44. The second-order valence-electron chi connectivity index (χ2n) is 6.37. The molecular weight excluding hydrogens is 452 g/mol. The van der Waals surface area contributed by atoms with E-state index in [9.17, 15) is 22.6 Å². The molecule has 1 amide bonds. The molecule has 2 aromatic carbocycles. The molecule has 0 bridgehead atoms. The van der Waals surface area contributed by atoms with Crippen molar-refractivity contribution < 1.29 is 27.7 Å². The van der Waals surface area contributed by atoms with Gasteiger partial charge in [0.15, 0.2) is 10.6 Å². The van der Waals surface area contributed by atoms with Crippen molar-refractivity contribution in [3.63, 3.8) is 0 Å². The predicted molar refractivity (Wildman–Crippen MR) is 113 cm³/mol. The molecule has 1 unspecified atom stereocenters. The molecule has 8 nitrogen and oxygen atoms in total. The SMILES string of the molecule is C[C@H](NC(=O)C[S+]([O-])c1cccc(CCNS(=O)(=O)c2ccc(Cl)cc2)c1)C(=O)O. The molecule has 0 heterocycles. The summed E-state index contributed by atoms with van der Waals surface area (Å²) < 4.78 is 39.4. The number of nitrogens with one attached hydrogen (secondary N) is 2. The molecule has 0 fully saturated rings. The Hall–Kier alpha value is -2.11. The van der Waals surface area contributed by atoms with Crippen molar-refractivity contribution in [2.75, 3.05) is 12.3 Å². The molecule has 0 radical (unpaired) electrons. The Morgan fingerprint density at radius 1 is 1.20 bits per heavy atom. The Morgan fingerprint density at radius 2 is 1.87 bits per heavy atom. The first-order valence-corrected chi connectivity index (χ1v) is 12.0. The molecule has 0 aliphatic heterocycles. The Balaban J connectivity index is 1.92. The van der Waals surface area contributed by atoms with Crippen molar-refractivity contribution in [3.05, 3.63) is 59.1 Å². The van der Waals surface area contributed by atoms with Gasteiger partial charge in [0, 0.05) is 11.6 Å². The van der Waals surface area contributed by atoms with Crippen LogP contribution in [0.25, 0.3) is 0 Å². The van der Waals surface area contributed by atoms with Crippen LogP contribution in [0.15, 0.2) is 58.3 Å². The number of carboxylic acids is 1. The number of rotatable bonds is 10. The molecule has 2 atom stereocenters. The summed E-state index contributed by atoms with van der Waals surface area (Å²) in [4.78, 5) is 23.1. The first-order chi connectivity index (χ1) is 14.1. The lowest BCUT2D eigenvalue weighted by Gasteiger charge is -2.13. The van der Waals surface area contributed by atoms with Crippen LogP contribution >= 0.6 is 11.6 Å². The lowest BCUT2D eigenvalue weighted by molar-refractivity contribution is -0.140. The number of carboxylic acid groups (broad SMARTS) is 1. The van der Waals surface area contributed by atoms with E-state index in [1.165, 1.54) is 31.2 Å². The smallest absolute Gasteiger partial charge is 0.325 e. The third-order valence-electron chi connectivity index (χ3n) is 4.00. The zero-order chi connectivity index (χ0) is 22.3. The zero-order valence-corrected chi connectivity index (χ0v) is 18.4. The van der Waals surface area contributed by atoms with Gasteiger partial charge in [0.1, 0.15) is 6.04 Å². The van der Waals surface area contributed by atoms with Gasteiger partial charge in [0.05, 0.1) is 4.90 Å². The maximum absolute atomic E-state index is 12.4. The minimum atomic E-state index is -3.68. The number of benzene rings is 2. The highest BCUT2D eigenvalue weighted by molar-refractivity contribution is 7.92. The minimum absolute atomic E-state index is 0.100. The molecule has 0 aliphatic rings. The highest BCUT2D eigenvalue weighted by Gasteiger charge is 2.21. The topological polar surface area (TPSA) is 136 Å². The maximum Gasteiger partial charge on any atom is 0.325 e. The molecular formula is C19H21ClN2O6S2. The van der Waals surface area contributed by atoms with Gasteiger partial charge in [-0.2, -0.15) is 0 Å². The minimum Gasteiger partial charge on any atom is -0.611 e. The van der Waals surface area contributed by atoms with Gasteiger partial charge >= 0.3 is 5.97 Å². The molecule has 0 saturated heterocycles. The van der Waals surface area contributed by atoms with E-state index in [-0.39, 0.29) is 17.2 Å². The molecule has 0 aromatic heterocycles. The number of halogens is 1. The van der Waals surface area contributed by atoms with Gasteiger partial charge in [0.2, 0.25) is 10.0 Å². The van der Waals surface area contributed by atoms with Crippen LogP contribution in [0.3, 0.4) is 0 Å². The average molecular weight is 473 g/mol. The standard InChI is InChI=1S/C19H21ClN2O6S2/c1-13(19(24)25)22-18(23)12-29(26)16-4-2-3-14(11-16)9-10-21-30(27,28)17-7-5-15(20)6-8-17/h2-8,11,13,21H,9-10,12H2,1H3,(H,22,23)(H,24,25)/t13-,29?/m0/s1. The van der Waals surface area contributed by atoms with Crippen LogP contribution in [-0.2, 0) is 37.2 Å². The fraction of sp³-hybridized carbons (Fsp3) is 0.263. The summed E-state index contributed by atoms with van der Waals surface area (Å²) in [5.41, 5.74) is 0.735. The second-order valence-corrected chi connectivity index (χ2v) is 10.0. The number of carbonyl (C=O) groups is 2. The van der Waals surface area contributed by atoms with Gasteiger partial charge in [-0.15, -0.1) is 0 Å². The molecule has 3 N–H and O–H groups in total. The molecule has 0 spiro atoms. The van der Waals surface area contributed by atoms with E-state index in [4.69, 9.17) is 16.7 Å². The Kier molecular flexibility index (Phi) is 8.68. The first-order valence-electron chi connectivity index (χ1n) is 8.83. The summed E-state index contributed by atoms with van der Waals surface area (Å²) in [5, 5.41) is 11.5. The van der Waals surface area contributed by atoms with E-state index in [1.807, 2.05) is 0 Å². The van der Waals surface area contributed by atoms with Gasteiger partial charge < -0.3 is 15.0 Å². The van der Waals surface area contributed by atoms with E-state index >= 15 is 0 Å². The van der Waals surface area contributed by atoms with Gasteiger partial charge in [-0.25, -0.2) is 13.1 Å². The van der Waals surface area contributed by atoms with Gasteiger partial charge in [-0.05, 0) is 66.5 Å². The quantitative estimate of drug-likeness (QED) is 0.449. The number of carbonyl (C=O) groups excluding carboxylic acids is 1. The Morgan fingerprint density at radius 3 is 2.50 bits per heavy atom. The summed E-state index contributed by atoms with van der Waals surface area (Å²) in [5.74, 6) is -2.19. The number of hydrogen-bond acceptors (Lipinski definition) is 5. The van der Waals surface area contributed by atoms with Crippen molar-refractivity contribution in [3.8, 4) is 0 Å². The lowest BCUT2D eigenvalue weighted by Crippen LogP contribution is -2.41. The normalized spacial score (nSPS) is 13.4. The summed E-state index contributed by atoms with van der Waals surface area (Å²) in [6, 6.07) is 11.3. The van der Waals surface area contributed by atoms with Crippen LogP contribution < -0.4 is 10.0 Å². The monoisotopic (exact) mass is 472 g/mol. The second kappa shape index (κ2) is 10.8. The van der Waals surface area contributed by atoms with E-state index in [0.717, 1.165) is 5.56 Å². The summed E-state index contributed by atoms with van der Waals surface area (Å²) >= 11 is 4.10. The van der Waals surface area contributed by atoms with E-state index < -0.39 is 39.1 Å². The number of sulfonamides is 1. The first kappa shape index (κ1) is 24.2. The van der Waals surface area contributed by atoms with Gasteiger partial charge in [-0.3, -0.25) is 9.59 Å². The fourth-order valence-corrected chi connectivity index (χ4v) is 4.58. The number of amides is 1. The highest BCUT2D eigenvalue weighted by atomic mass is 35.5. The van der Waals surface area contributed by atoms with Crippen LogP contribution in [0.2, 0.25) is 5.02 Å². The molecule has 0 saturated carbocycles. The summed E-state index contributed by atoms with van der Waals surface area (Å²) in [7, 11) is -3.68. The summed E-state index contributed by atoms with van der Waals surface area (Å²) in [6.07, 6.45) is 0.347. The van der Waals surface area contributed by atoms with Crippen molar-refractivity contribution in [2.45, 2.75) is 29.2 Å². The molecule has 11 heteroatoms. The number of aliphatic carboxylic acids is 1. The third-order valence-corrected chi connectivity index (χ3v) is 7.03. The zero-order valence-electron chi connectivity index (χ0n) is 16.0. The van der Waals surface area contributed by atoms with E-state index in [2.05, 4.69) is 10.0 Å². The average Bonchev–Trinajstić information content (AvgIpc) is 2.68. The largest absolute Gasteiger partial charge is 0.611 e. The Bertz CT molecular complexity index is 998. The molecule has 2 rings (SSSR count). The van der Waals surface area contributed by atoms with Crippen LogP contribution in [0.4, 0.5) is 0 Å². The highest BCUT2D eigenvalue weighted by Crippen LogP contribution is 2.15. The lowest BCUT2D eigenvalue weighted by atomic mass is 10.2. The van der Waals surface area contributed by atoms with Crippen LogP contribution in [0.1, 0.15) is 12.5 Å². The van der Waals surface area contributed by atoms with Crippen molar-refractivity contribution in [1.29, 1.82) is 0 Å². The fourth-order valence-electron chi connectivity index (χ4n) is 2.42. The van der Waals surface area contributed by atoms with Crippen LogP contribution in [0.5, 0.6) is 0 Å². The van der Waals surface area contributed by atoms with Crippen molar-refractivity contribution >= 4 is 44.7 Å². The van der Waals surface area contributed by atoms with Crippen molar-refractivity contribution in [2.24, 2.45) is 0 Å². The predicted octanol–water partition coefficient (Wildman–Crippen LogP) is 1.56. The van der Waals surface area contributed by atoms with Crippen LogP contribution in [-0.4, -0.2) is 48.3 Å². The van der Waals surface area contributed by atoms with Crippen molar-refractivity contribution in [1.82, 2.24) is 10.0 Å². The van der Waals surface area contributed by atoms with Crippen LogP contribution in [0, 0.1) is 0 Å². The molecule has 162 valence electrons. The van der Waals surface area contributed by atoms with Gasteiger partial charge in [0.25, 0.3) is 5.91 Å². The molecule has 2 aromatic rings. The van der Waals surface area contributed by atoms with E-state index in [1.54, 1.807) is 24.3 Å². The number of hydrogen-bond donors (Lipinski definition) is 3. The molecule has 0 aliphatic carbocycles. The van der Waals surface area contributed by atoms with Gasteiger partial charge in [-0.1, -0.05) is 23.7 Å². The maximum atomic E-state index is 12.4. The van der Waals surface area contributed by atoms with E-state index in [0.29, 0.717) is 16.3 Å².